The maximum absolute atomic E-state index is 11.8. The molecule has 0 aromatic carbocycles. The Labute approximate surface area is 77.1 Å². The van der Waals surface area contributed by atoms with Crippen molar-refractivity contribution in [3.63, 3.8) is 0 Å². The summed E-state index contributed by atoms with van der Waals surface area (Å²) < 4.78 is 35.9. The largest absolute Gasteiger partial charge is 0.407 e. The molecule has 14 heavy (non-hydrogen) atoms. The first-order valence-corrected chi connectivity index (χ1v) is 3.33. The second kappa shape index (κ2) is 3.31. The van der Waals surface area contributed by atoms with Gasteiger partial charge < -0.3 is 0 Å². The number of halogens is 3. The third kappa shape index (κ3) is 2.24. The lowest BCUT2D eigenvalue weighted by Crippen LogP contribution is -2.28. The summed E-state index contributed by atoms with van der Waals surface area (Å²) in [6, 6.07) is 0. The van der Waals surface area contributed by atoms with Crippen LogP contribution in [0.1, 0.15) is 0 Å². The van der Waals surface area contributed by atoms with E-state index in [1.54, 1.807) is 0 Å². The Bertz CT molecular complexity index is 362. The molecule has 9 heteroatoms. The molecule has 1 aromatic rings. The molecule has 0 spiro atoms. The Morgan fingerprint density at radius 2 is 2.21 bits per heavy atom. The summed E-state index contributed by atoms with van der Waals surface area (Å²) in [7, 11) is 5.07. The topological polar surface area (TPSA) is 61.0 Å². The fourth-order valence-electron chi connectivity index (χ4n) is 0.821. The van der Waals surface area contributed by atoms with Crippen LogP contribution in [0.2, 0.25) is 0 Å². The normalized spacial score (nSPS) is 11.6. The Morgan fingerprint density at radius 3 is 2.57 bits per heavy atom. The fraction of sp³-hybridized carbons (Fsp3) is 0.400. The molecular weight excluding hydrogens is 202 g/mol. The van der Waals surface area contributed by atoms with Gasteiger partial charge in [0.15, 0.2) is 7.85 Å². The summed E-state index contributed by atoms with van der Waals surface area (Å²) in [4.78, 5) is 9.30. The van der Waals surface area contributed by atoms with Gasteiger partial charge in [0.2, 0.25) is 0 Å². The summed E-state index contributed by atoms with van der Waals surface area (Å²) in [5, 5.41) is 13.3. The molecule has 0 bridgehead atoms. The van der Waals surface area contributed by atoms with Gasteiger partial charge in [-0.1, -0.05) is 0 Å². The Morgan fingerprint density at radius 1 is 1.64 bits per heavy atom. The number of hydrogen-bond acceptors (Lipinski definition) is 3. The Kier molecular flexibility index (Phi) is 2.50. The monoisotopic (exact) mass is 205 g/mol. The zero-order valence-electron chi connectivity index (χ0n) is 6.65. The van der Waals surface area contributed by atoms with Gasteiger partial charge in [0.1, 0.15) is 12.7 Å². The van der Waals surface area contributed by atoms with Crippen molar-refractivity contribution < 1.29 is 18.1 Å². The summed E-state index contributed by atoms with van der Waals surface area (Å²) in [5.74, 6) is 0. The number of rotatable bonds is 2. The van der Waals surface area contributed by atoms with Gasteiger partial charge in [-0.15, -0.1) is 0 Å². The third-order valence-electron chi connectivity index (χ3n) is 1.39. The van der Waals surface area contributed by atoms with E-state index >= 15 is 0 Å². The number of nitrogens with zero attached hydrogens (tertiary/aromatic N) is 3. The molecule has 1 heterocycles. The van der Waals surface area contributed by atoms with Gasteiger partial charge >= 0.3 is 6.18 Å². The van der Waals surface area contributed by atoms with Crippen LogP contribution in [0.25, 0.3) is 0 Å². The molecule has 0 N–H and O–H groups in total. The lowest BCUT2D eigenvalue weighted by atomic mass is 10.0. The second-order valence-corrected chi connectivity index (χ2v) is 2.44. The van der Waals surface area contributed by atoms with Crippen molar-refractivity contribution in [3.05, 3.63) is 16.3 Å². The van der Waals surface area contributed by atoms with Crippen molar-refractivity contribution in [1.82, 2.24) is 9.78 Å². The predicted molar refractivity (Wildman–Crippen MR) is 40.3 cm³/mol. The van der Waals surface area contributed by atoms with Gasteiger partial charge in [0.05, 0.1) is 10.5 Å². The van der Waals surface area contributed by atoms with Crippen LogP contribution < -0.4 is 5.59 Å². The van der Waals surface area contributed by atoms with Gasteiger partial charge in [-0.3, -0.25) is 14.8 Å². The summed E-state index contributed by atoms with van der Waals surface area (Å²) in [6.07, 6.45) is -3.82. The van der Waals surface area contributed by atoms with Crippen molar-refractivity contribution in [3.8, 4) is 0 Å². The number of nitro groups is 1. The molecule has 5 nitrogen and oxygen atoms in total. The van der Waals surface area contributed by atoms with Crippen LogP contribution in [0.15, 0.2) is 6.20 Å². The zero-order valence-corrected chi connectivity index (χ0v) is 6.65. The van der Waals surface area contributed by atoms with E-state index in [1.807, 2.05) is 0 Å². The minimum absolute atomic E-state index is 0.331. The third-order valence-corrected chi connectivity index (χ3v) is 1.39. The molecule has 2 radical (unpaired) electrons. The standard InChI is InChI=1S/C5H3BF3N3O2/c6-4-3(12(13)14)1-10-11(4)2-5(7,8)9/h1H,2H2. The van der Waals surface area contributed by atoms with Crippen LogP contribution in [0, 0.1) is 10.1 Å². The second-order valence-electron chi connectivity index (χ2n) is 2.44. The molecule has 1 aromatic heterocycles. The van der Waals surface area contributed by atoms with Gasteiger partial charge in [-0.25, -0.2) is 0 Å². The minimum atomic E-state index is -4.51. The highest BCUT2D eigenvalue weighted by Gasteiger charge is 2.30. The highest BCUT2D eigenvalue weighted by Crippen LogP contribution is 2.17. The molecule has 74 valence electrons. The van der Waals surface area contributed by atoms with E-state index in [4.69, 9.17) is 7.85 Å². The quantitative estimate of drug-likeness (QED) is 0.392. The SMILES string of the molecule is [B]c1c([N+](=O)[O-])cnn1CC(F)(F)F. The van der Waals surface area contributed by atoms with Gasteiger partial charge in [0.25, 0.3) is 5.69 Å². The lowest BCUT2D eigenvalue weighted by molar-refractivity contribution is -0.383. The van der Waals surface area contributed by atoms with E-state index in [2.05, 4.69) is 5.10 Å². The van der Waals surface area contributed by atoms with Gasteiger partial charge in [-0.2, -0.15) is 18.3 Å². The fourth-order valence-corrected chi connectivity index (χ4v) is 0.821. The van der Waals surface area contributed by atoms with Crippen LogP contribution in [-0.4, -0.2) is 28.7 Å². The van der Waals surface area contributed by atoms with Crippen molar-refractivity contribution in [2.45, 2.75) is 12.7 Å². The predicted octanol–water partition coefficient (Wildman–Crippen LogP) is 0.147. The maximum atomic E-state index is 11.8. The molecule has 0 fully saturated rings. The molecule has 0 atom stereocenters. The van der Waals surface area contributed by atoms with Crippen LogP contribution in [0.3, 0.4) is 0 Å². The first-order valence-electron chi connectivity index (χ1n) is 3.33. The van der Waals surface area contributed by atoms with E-state index in [0.29, 0.717) is 10.9 Å². The molecule has 0 amide bonds. The van der Waals surface area contributed by atoms with E-state index in [1.165, 1.54) is 0 Å². The summed E-state index contributed by atoms with van der Waals surface area (Å²) in [5.41, 5.74) is -1.23. The Hall–Kier alpha value is -1.54. The average molecular weight is 205 g/mol. The van der Waals surface area contributed by atoms with Crippen LogP contribution >= 0.6 is 0 Å². The molecular formula is C5H3BF3N3O2. The van der Waals surface area contributed by atoms with Crippen molar-refractivity contribution in [1.29, 1.82) is 0 Å². The molecule has 0 unspecified atom stereocenters. The summed E-state index contributed by atoms with van der Waals surface area (Å²) >= 11 is 0. The van der Waals surface area contributed by atoms with E-state index < -0.39 is 28.9 Å². The molecule has 0 aliphatic heterocycles. The first-order chi connectivity index (χ1) is 6.31. The van der Waals surface area contributed by atoms with Crippen molar-refractivity contribution in [2.24, 2.45) is 0 Å². The first kappa shape index (κ1) is 10.5. The van der Waals surface area contributed by atoms with Gasteiger partial charge in [0, 0.05) is 0 Å². The van der Waals surface area contributed by atoms with Gasteiger partial charge in [-0.05, 0) is 0 Å². The highest BCUT2D eigenvalue weighted by atomic mass is 19.4. The van der Waals surface area contributed by atoms with Crippen LogP contribution in [0.5, 0.6) is 0 Å². The highest BCUT2D eigenvalue weighted by molar-refractivity contribution is 6.33. The van der Waals surface area contributed by atoms with E-state index in [-0.39, 0.29) is 0 Å². The smallest absolute Gasteiger partial charge is 0.264 e. The molecule has 0 saturated carbocycles. The van der Waals surface area contributed by atoms with E-state index in [0.717, 1.165) is 0 Å². The number of hydrogen-bond donors (Lipinski definition) is 0. The molecule has 0 aliphatic carbocycles. The van der Waals surface area contributed by atoms with Crippen LogP contribution in [-0.2, 0) is 6.54 Å². The molecule has 1 rings (SSSR count). The van der Waals surface area contributed by atoms with Crippen molar-refractivity contribution >= 4 is 19.1 Å². The molecule has 0 saturated heterocycles. The zero-order chi connectivity index (χ0) is 10.9. The number of aromatic nitrogens is 2. The van der Waals surface area contributed by atoms with Crippen LogP contribution in [0.4, 0.5) is 18.9 Å². The average Bonchev–Trinajstić information content (AvgIpc) is 2.29. The Balaban J connectivity index is 2.96. The minimum Gasteiger partial charge on any atom is -0.264 e. The van der Waals surface area contributed by atoms with E-state index in [9.17, 15) is 23.3 Å². The summed E-state index contributed by atoms with van der Waals surface area (Å²) in [6.45, 7) is -1.44. The number of alkyl halides is 3. The lowest BCUT2D eigenvalue weighted by Gasteiger charge is -2.07. The van der Waals surface area contributed by atoms with Crippen molar-refractivity contribution in [2.75, 3.05) is 0 Å². The maximum Gasteiger partial charge on any atom is 0.407 e. The molecule has 0 aliphatic rings.